The lowest BCUT2D eigenvalue weighted by molar-refractivity contribution is 0.567. The van der Waals surface area contributed by atoms with E-state index in [-0.39, 0.29) is 11.1 Å². The minimum atomic E-state index is -0.520. The van der Waals surface area contributed by atoms with Crippen molar-refractivity contribution in [2.45, 2.75) is 0 Å². The van der Waals surface area contributed by atoms with E-state index in [0.29, 0.717) is 22.2 Å². The largest absolute Gasteiger partial charge is 0.422 e. The zero-order chi connectivity index (χ0) is 15.1. The Morgan fingerprint density at radius 1 is 0.864 bits per heavy atom. The molecule has 0 saturated heterocycles. The first kappa shape index (κ1) is 12.6. The topological polar surface area (TPSA) is 63.1 Å². The number of aromatic nitrogens is 1. The van der Waals surface area contributed by atoms with Gasteiger partial charge in [-0.05, 0) is 17.7 Å². The molecule has 4 nitrogen and oxygen atoms in total. The fourth-order valence-electron chi connectivity index (χ4n) is 2.66. The number of H-pyrrole nitrogens is 1. The standard InChI is InChI=1S/C18H11NO3/c20-17-13-10-12-8-4-5-9-14(12)22-18(21)15(13)16(19-17)11-6-2-1-3-7-11/h1-10H,(H,19,20). The van der Waals surface area contributed by atoms with E-state index in [0.717, 1.165) is 5.56 Å². The van der Waals surface area contributed by atoms with Gasteiger partial charge in [0.25, 0.3) is 5.56 Å². The predicted octanol–water partition coefficient (Wildman–Crippen LogP) is 3.25. The highest BCUT2D eigenvalue weighted by atomic mass is 16.4. The lowest BCUT2D eigenvalue weighted by Crippen LogP contribution is -2.03. The molecular formula is C18H11NO3. The summed E-state index contributed by atoms with van der Waals surface area (Å²) in [6, 6.07) is 18.1. The molecule has 0 amide bonds. The van der Waals surface area contributed by atoms with Crippen LogP contribution in [0, 0.1) is 0 Å². The van der Waals surface area contributed by atoms with Crippen LogP contribution in [0.15, 0.2) is 74.7 Å². The van der Waals surface area contributed by atoms with Crippen molar-refractivity contribution in [1.82, 2.24) is 4.98 Å². The average Bonchev–Trinajstić information content (AvgIpc) is 2.78. The van der Waals surface area contributed by atoms with Gasteiger partial charge in [0, 0.05) is 5.39 Å². The van der Waals surface area contributed by atoms with Gasteiger partial charge in [-0.25, -0.2) is 4.79 Å². The van der Waals surface area contributed by atoms with Crippen molar-refractivity contribution < 1.29 is 4.42 Å². The molecule has 0 saturated carbocycles. The number of hydrogen-bond donors (Lipinski definition) is 1. The zero-order valence-electron chi connectivity index (χ0n) is 11.5. The van der Waals surface area contributed by atoms with Crippen LogP contribution >= 0.6 is 0 Å². The van der Waals surface area contributed by atoms with Crippen molar-refractivity contribution in [2.24, 2.45) is 0 Å². The molecule has 0 aliphatic carbocycles. The predicted molar refractivity (Wildman–Crippen MR) is 85.2 cm³/mol. The van der Waals surface area contributed by atoms with Crippen molar-refractivity contribution >= 4 is 11.0 Å². The van der Waals surface area contributed by atoms with Gasteiger partial charge in [0.15, 0.2) is 0 Å². The summed E-state index contributed by atoms with van der Waals surface area (Å²) in [6.07, 6.45) is 0. The highest BCUT2D eigenvalue weighted by molar-refractivity contribution is 5.87. The van der Waals surface area contributed by atoms with Gasteiger partial charge in [-0.1, -0.05) is 48.5 Å². The van der Waals surface area contributed by atoms with Gasteiger partial charge in [-0.15, -0.1) is 0 Å². The second-order valence-corrected chi connectivity index (χ2v) is 5.06. The minimum absolute atomic E-state index is 0.285. The summed E-state index contributed by atoms with van der Waals surface area (Å²) >= 11 is 0. The lowest BCUT2D eigenvalue weighted by Gasteiger charge is -1.98. The normalized spacial score (nSPS) is 11.1. The van der Waals surface area contributed by atoms with Gasteiger partial charge in [-0.3, -0.25) is 4.79 Å². The number of aromatic amines is 1. The SMILES string of the molecule is O=c1[nH]c(-c2ccccc2)c2c(=O)oc3ccccc3cc1-2. The molecule has 2 heterocycles. The number of fused-ring (bicyclic) bond motifs is 2. The van der Waals surface area contributed by atoms with Crippen LogP contribution in [-0.4, -0.2) is 4.98 Å². The van der Waals surface area contributed by atoms with E-state index < -0.39 is 5.63 Å². The van der Waals surface area contributed by atoms with Crippen molar-refractivity contribution in [3.05, 3.63) is 81.4 Å². The maximum absolute atomic E-state index is 12.5. The van der Waals surface area contributed by atoms with Crippen LogP contribution in [0.3, 0.4) is 0 Å². The number of nitrogens with one attached hydrogen (secondary N) is 1. The molecule has 2 aliphatic heterocycles. The van der Waals surface area contributed by atoms with Crippen LogP contribution in [0.1, 0.15) is 0 Å². The molecular weight excluding hydrogens is 278 g/mol. The highest BCUT2D eigenvalue weighted by Crippen LogP contribution is 2.28. The Balaban J connectivity index is 2.16. The van der Waals surface area contributed by atoms with E-state index in [1.54, 1.807) is 18.2 Å². The molecule has 2 aromatic carbocycles. The first-order chi connectivity index (χ1) is 10.7. The Morgan fingerprint density at radius 3 is 2.41 bits per heavy atom. The van der Waals surface area contributed by atoms with Crippen LogP contribution in [0.4, 0.5) is 0 Å². The molecule has 2 aliphatic rings. The summed E-state index contributed by atoms with van der Waals surface area (Å²) in [5.74, 6) is 0. The minimum Gasteiger partial charge on any atom is -0.422 e. The van der Waals surface area contributed by atoms with Crippen molar-refractivity contribution in [2.75, 3.05) is 0 Å². The third-order valence-corrected chi connectivity index (χ3v) is 3.69. The molecule has 4 rings (SSSR count). The summed E-state index contributed by atoms with van der Waals surface area (Å²) < 4.78 is 5.43. The Labute approximate surface area is 125 Å². The highest BCUT2D eigenvalue weighted by Gasteiger charge is 2.20. The van der Waals surface area contributed by atoms with Gasteiger partial charge in [-0.2, -0.15) is 0 Å². The van der Waals surface area contributed by atoms with E-state index in [1.807, 2.05) is 42.5 Å². The summed E-state index contributed by atoms with van der Waals surface area (Å²) in [7, 11) is 0. The van der Waals surface area contributed by atoms with Crippen LogP contribution in [-0.2, 0) is 0 Å². The second kappa shape index (κ2) is 4.70. The molecule has 0 spiro atoms. The number of hydrogen-bond acceptors (Lipinski definition) is 3. The van der Waals surface area contributed by atoms with Crippen molar-refractivity contribution in [3.63, 3.8) is 0 Å². The summed E-state index contributed by atoms with van der Waals surface area (Å²) in [6.45, 7) is 0. The average molecular weight is 289 g/mol. The van der Waals surface area contributed by atoms with Gasteiger partial charge in [0.1, 0.15) is 5.58 Å². The molecule has 106 valence electrons. The maximum Gasteiger partial charge on any atom is 0.346 e. The van der Waals surface area contributed by atoms with Gasteiger partial charge < -0.3 is 9.40 Å². The van der Waals surface area contributed by atoms with Crippen molar-refractivity contribution in [1.29, 1.82) is 0 Å². The molecule has 0 atom stereocenters. The number of rotatable bonds is 1. The quantitative estimate of drug-likeness (QED) is 0.585. The van der Waals surface area contributed by atoms with Crippen LogP contribution in [0.25, 0.3) is 33.4 Å². The zero-order valence-corrected chi connectivity index (χ0v) is 11.5. The fourth-order valence-corrected chi connectivity index (χ4v) is 2.66. The monoisotopic (exact) mass is 289 g/mol. The summed E-state index contributed by atoms with van der Waals surface area (Å²) in [5, 5.41) is 0.713. The smallest absolute Gasteiger partial charge is 0.346 e. The van der Waals surface area contributed by atoms with Gasteiger partial charge in [0.2, 0.25) is 0 Å². The number of benzene rings is 2. The first-order valence-corrected chi connectivity index (χ1v) is 6.88. The molecule has 22 heavy (non-hydrogen) atoms. The third kappa shape index (κ3) is 1.85. The van der Waals surface area contributed by atoms with Crippen LogP contribution in [0.2, 0.25) is 0 Å². The Morgan fingerprint density at radius 2 is 1.59 bits per heavy atom. The Bertz CT molecular complexity index is 1060. The van der Waals surface area contributed by atoms with Gasteiger partial charge >= 0.3 is 5.63 Å². The van der Waals surface area contributed by atoms with E-state index in [1.165, 1.54) is 0 Å². The molecule has 0 aromatic heterocycles. The molecule has 1 N–H and O–H groups in total. The number of para-hydroxylation sites is 1. The first-order valence-electron chi connectivity index (χ1n) is 6.88. The maximum atomic E-state index is 12.5. The third-order valence-electron chi connectivity index (χ3n) is 3.69. The second-order valence-electron chi connectivity index (χ2n) is 5.06. The Hall–Kier alpha value is -3.14. The van der Waals surface area contributed by atoms with E-state index in [4.69, 9.17) is 4.42 Å². The lowest BCUT2D eigenvalue weighted by atomic mass is 10.0. The molecule has 2 aromatic rings. The van der Waals surface area contributed by atoms with Crippen LogP contribution in [0.5, 0.6) is 0 Å². The molecule has 0 bridgehead atoms. The molecule has 0 fully saturated rings. The van der Waals surface area contributed by atoms with E-state index >= 15 is 0 Å². The fraction of sp³-hybridized carbons (Fsp3) is 0. The van der Waals surface area contributed by atoms with Gasteiger partial charge in [0.05, 0.1) is 16.8 Å². The Kier molecular flexibility index (Phi) is 2.69. The molecule has 0 unspecified atom stereocenters. The summed E-state index contributed by atoms with van der Waals surface area (Å²) in [4.78, 5) is 27.5. The van der Waals surface area contributed by atoms with E-state index in [2.05, 4.69) is 4.98 Å². The van der Waals surface area contributed by atoms with Crippen LogP contribution < -0.4 is 11.2 Å². The molecule has 0 radical (unpaired) electrons. The van der Waals surface area contributed by atoms with Crippen molar-refractivity contribution in [3.8, 4) is 22.4 Å². The van der Waals surface area contributed by atoms with E-state index in [9.17, 15) is 9.59 Å². The molecule has 4 heteroatoms. The summed E-state index contributed by atoms with van der Waals surface area (Å²) in [5.41, 5.74) is 1.55.